The second-order valence-electron chi connectivity index (χ2n) is 6.54. The lowest BCUT2D eigenvalue weighted by Gasteiger charge is -2.29. The number of hydrogen-bond acceptors (Lipinski definition) is 2. The van der Waals surface area contributed by atoms with Crippen LogP contribution in [0.5, 0.6) is 0 Å². The molecule has 0 radical (unpaired) electrons. The Bertz CT molecular complexity index is 201. The lowest BCUT2D eigenvalue weighted by atomic mass is 9.86. The number of hydrogen-bond donors (Lipinski definition) is 2. The van der Waals surface area contributed by atoms with E-state index in [2.05, 4.69) is 26.1 Å². The van der Waals surface area contributed by atoms with E-state index >= 15 is 0 Å². The first kappa shape index (κ1) is 15.0. The molecule has 0 aliphatic heterocycles. The Morgan fingerprint density at radius 3 is 2.65 bits per heavy atom. The number of unbranched alkanes of at least 4 members (excludes halogenated alkanes) is 2. The summed E-state index contributed by atoms with van der Waals surface area (Å²) in [6.45, 7) is 9.06. The highest BCUT2D eigenvalue weighted by Gasteiger charge is 2.27. The third-order valence-electron chi connectivity index (χ3n) is 4.26. The van der Waals surface area contributed by atoms with Crippen molar-refractivity contribution in [3.05, 3.63) is 0 Å². The van der Waals surface area contributed by atoms with Crippen molar-refractivity contribution in [2.45, 2.75) is 71.8 Å². The van der Waals surface area contributed by atoms with Gasteiger partial charge in [-0.2, -0.15) is 0 Å². The van der Waals surface area contributed by atoms with Gasteiger partial charge in [-0.3, -0.25) is 0 Å². The molecular formula is C15H32N2. The molecule has 0 aromatic heterocycles. The Morgan fingerprint density at radius 1 is 1.24 bits per heavy atom. The van der Waals surface area contributed by atoms with E-state index in [0.29, 0.717) is 11.5 Å². The third kappa shape index (κ3) is 5.39. The molecule has 1 saturated carbocycles. The summed E-state index contributed by atoms with van der Waals surface area (Å²) < 4.78 is 0. The molecule has 1 aliphatic carbocycles. The summed E-state index contributed by atoms with van der Waals surface area (Å²) in [4.78, 5) is 0. The lowest BCUT2D eigenvalue weighted by molar-refractivity contribution is 0.271. The van der Waals surface area contributed by atoms with E-state index in [4.69, 9.17) is 5.73 Å². The van der Waals surface area contributed by atoms with Crippen molar-refractivity contribution >= 4 is 0 Å². The van der Waals surface area contributed by atoms with Crippen LogP contribution in [0.2, 0.25) is 0 Å². The van der Waals surface area contributed by atoms with Crippen LogP contribution in [0.3, 0.4) is 0 Å². The van der Waals surface area contributed by atoms with E-state index < -0.39 is 0 Å². The maximum Gasteiger partial charge on any atom is 0.0108 e. The quantitative estimate of drug-likeness (QED) is 0.639. The monoisotopic (exact) mass is 240 g/mol. The maximum atomic E-state index is 5.82. The molecule has 2 atom stereocenters. The van der Waals surface area contributed by atoms with Gasteiger partial charge < -0.3 is 11.1 Å². The summed E-state index contributed by atoms with van der Waals surface area (Å²) >= 11 is 0. The Hall–Kier alpha value is -0.0800. The van der Waals surface area contributed by atoms with Gasteiger partial charge in [-0.1, -0.05) is 46.5 Å². The van der Waals surface area contributed by atoms with Crippen LogP contribution in [0.1, 0.15) is 65.7 Å². The SMILES string of the molecule is CCCCCC(C)(C)CNC1CCCC1CN. The van der Waals surface area contributed by atoms with Gasteiger partial charge in [-0.05, 0) is 37.1 Å². The minimum Gasteiger partial charge on any atom is -0.330 e. The molecular weight excluding hydrogens is 208 g/mol. The smallest absolute Gasteiger partial charge is 0.0108 e. The maximum absolute atomic E-state index is 5.82. The molecule has 0 aromatic rings. The van der Waals surface area contributed by atoms with Crippen molar-refractivity contribution in [1.29, 1.82) is 0 Å². The molecule has 0 spiro atoms. The minimum atomic E-state index is 0.441. The van der Waals surface area contributed by atoms with Crippen LogP contribution in [0.15, 0.2) is 0 Å². The highest BCUT2D eigenvalue weighted by molar-refractivity contribution is 4.85. The molecule has 1 fully saturated rings. The van der Waals surface area contributed by atoms with Crippen LogP contribution in [0.25, 0.3) is 0 Å². The summed E-state index contributed by atoms with van der Waals surface area (Å²) in [5.74, 6) is 0.724. The molecule has 2 unspecified atom stereocenters. The average Bonchev–Trinajstić information content (AvgIpc) is 2.74. The Kier molecular flexibility index (Phi) is 6.50. The van der Waals surface area contributed by atoms with Crippen LogP contribution >= 0.6 is 0 Å². The van der Waals surface area contributed by atoms with Crippen LogP contribution in [0, 0.1) is 11.3 Å². The van der Waals surface area contributed by atoms with E-state index in [1.54, 1.807) is 0 Å². The van der Waals surface area contributed by atoms with Gasteiger partial charge in [0.2, 0.25) is 0 Å². The Labute approximate surface area is 108 Å². The van der Waals surface area contributed by atoms with Crippen LogP contribution in [0.4, 0.5) is 0 Å². The molecule has 1 aliphatic rings. The normalized spacial score (nSPS) is 25.4. The molecule has 0 aromatic carbocycles. The zero-order valence-electron chi connectivity index (χ0n) is 12.1. The summed E-state index contributed by atoms with van der Waals surface area (Å²) in [5.41, 5.74) is 6.26. The molecule has 17 heavy (non-hydrogen) atoms. The van der Waals surface area contributed by atoms with Gasteiger partial charge in [-0.25, -0.2) is 0 Å². The largest absolute Gasteiger partial charge is 0.330 e. The topological polar surface area (TPSA) is 38.0 Å². The van der Waals surface area contributed by atoms with Crippen molar-refractivity contribution in [2.75, 3.05) is 13.1 Å². The molecule has 2 heteroatoms. The van der Waals surface area contributed by atoms with Gasteiger partial charge in [0.15, 0.2) is 0 Å². The fraction of sp³-hybridized carbons (Fsp3) is 1.00. The summed E-state index contributed by atoms with van der Waals surface area (Å²) in [5, 5.41) is 3.77. The highest BCUT2D eigenvalue weighted by Crippen LogP contribution is 2.27. The Balaban J connectivity index is 2.23. The number of nitrogens with one attached hydrogen (secondary N) is 1. The van der Waals surface area contributed by atoms with E-state index in [0.717, 1.165) is 19.0 Å². The molecule has 0 heterocycles. The summed E-state index contributed by atoms with van der Waals surface area (Å²) in [7, 11) is 0. The van der Waals surface area contributed by atoms with E-state index in [1.165, 1.54) is 44.9 Å². The molecule has 102 valence electrons. The molecule has 2 nitrogen and oxygen atoms in total. The molecule has 3 N–H and O–H groups in total. The van der Waals surface area contributed by atoms with Crippen LogP contribution < -0.4 is 11.1 Å². The second kappa shape index (κ2) is 7.38. The molecule has 0 amide bonds. The van der Waals surface area contributed by atoms with Crippen LogP contribution in [-0.2, 0) is 0 Å². The number of nitrogens with two attached hydrogens (primary N) is 1. The van der Waals surface area contributed by atoms with Gasteiger partial charge >= 0.3 is 0 Å². The first-order valence-electron chi connectivity index (χ1n) is 7.52. The van der Waals surface area contributed by atoms with Crippen molar-refractivity contribution < 1.29 is 0 Å². The van der Waals surface area contributed by atoms with E-state index in [9.17, 15) is 0 Å². The van der Waals surface area contributed by atoms with Crippen LogP contribution in [-0.4, -0.2) is 19.1 Å². The fourth-order valence-corrected chi connectivity index (χ4v) is 2.94. The van der Waals surface area contributed by atoms with Gasteiger partial charge in [0.25, 0.3) is 0 Å². The molecule has 1 rings (SSSR count). The predicted molar refractivity (Wildman–Crippen MR) is 76.1 cm³/mol. The number of rotatable bonds is 8. The first-order chi connectivity index (χ1) is 8.09. The second-order valence-corrected chi connectivity index (χ2v) is 6.54. The zero-order valence-corrected chi connectivity index (χ0v) is 12.1. The van der Waals surface area contributed by atoms with Crippen molar-refractivity contribution in [1.82, 2.24) is 5.32 Å². The third-order valence-corrected chi connectivity index (χ3v) is 4.26. The van der Waals surface area contributed by atoms with Crippen molar-refractivity contribution in [3.8, 4) is 0 Å². The fourth-order valence-electron chi connectivity index (χ4n) is 2.94. The summed E-state index contributed by atoms with van der Waals surface area (Å²) in [6.07, 6.45) is 9.41. The highest BCUT2D eigenvalue weighted by atomic mass is 14.9. The summed E-state index contributed by atoms with van der Waals surface area (Å²) in [6, 6.07) is 0.686. The van der Waals surface area contributed by atoms with Crippen molar-refractivity contribution in [2.24, 2.45) is 17.1 Å². The predicted octanol–water partition coefficient (Wildman–Crippen LogP) is 3.31. The first-order valence-corrected chi connectivity index (χ1v) is 7.52. The average molecular weight is 240 g/mol. The Morgan fingerprint density at radius 2 is 2.00 bits per heavy atom. The molecule has 0 saturated heterocycles. The zero-order chi connectivity index (χ0) is 12.7. The van der Waals surface area contributed by atoms with Gasteiger partial charge in [-0.15, -0.1) is 0 Å². The van der Waals surface area contributed by atoms with E-state index in [-0.39, 0.29) is 0 Å². The van der Waals surface area contributed by atoms with Gasteiger partial charge in [0.1, 0.15) is 0 Å². The minimum absolute atomic E-state index is 0.441. The van der Waals surface area contributed by atoms with Gasteiger partial charge in [0.05, 0.1) is 0 Å². The lowest BCUT2D eigenvalue weighted by Crippen LogP contribution is -2.41. The van der Waals surface area contributed by atoms with Gasteiger partial charge in [0, 0.05) is 12.6 Å². The van der Waals surface area contributed by atoms with Crippen molar-refractivity contribution in [3.63, 3.8) is 0 Å². The molecule has 0 bridgehead atoms. The van der Waals surface area contributed by atoms with E-state index in [1.807, 2.05) is 0 Å². The standard InChI is InChI=1S/C15H32N2/c1-4-5-6-10-15(2,3)12-17-14-9-7-8-13(14)11-16/h13-14,17H,4-12,16H2,1-3H3.